The van der Waals surface area contributed by atoms with Crippen LogP contribution in [0.1, 0.15) is 11.1 Å². The molecule has 1 heterocycles. The molecule has 4 rings (SSSR count). The van der Waals surface area contributed by atoms with Gasteiger partial charge in [0.25, 0.3) is 0 Å². The molecule has 35 heavy (non-hydrogen) atoms. The average molecular weight is 525 g/mol. The Hall–Kier alpha value is -3.75. The number of hydrogen-bond donors (Lipinski definition) is 0. The Kier molecular flexibility index (Phi) is 6.12. The monoisotopic (exact) mass is 524 g/mol. The van der Waals surface area contributed by atoms with Crippen LogP contribution in [0.5, 0.6) is 5.75 Å². The molecule has 0 aliphatic carbocycles. The maximum Gasteiger partial charge on any atom is 0.339 e. The van der Waals surface area contributed by atoms with E-state index in [4.69, 9.17) is 11.6 Å². The first-order valence-electron chi connectivity index (χ1n) is 9.51. The van der Waals surface area contributed by atoms with Gasteiger partial charge in [0, 0.05) is 17.1 Å². The maximum absolute atomic E-state index is 13.9. The number of pyridine rings is 1. The lowest BCUT2D eigenvalue weighted by atomic mass is 9.98. The van der Waals surface area contributed by atoms with Crippen LogP contribution in [-0.4, -0.2) is 13.4 Å². The zero-order chi connectivity index (χ0) is 25.7. The summed E-state index contributed by atoms with van der Waals surface area (Å²) in [7, 11) is -5.01. The Balaban J connectivity index is 1.82. The highest BCUT2D eigenvalue weighted by Crippen LogP contribution is 2.35. The van der Waals surface area contributed by atoms with Crippen LogP contribution in [-0.2, 0) is 10.1 Å². The largest absolute Gasteiger partial charge is 0.372 e. The van der Waals surface area contributed by atoms with E-state index in [1.54, 1.807) is 13.0 Å². The lowest BCUT2D eigenvalue weighted by Gasteiger charge is -2.13. The van der Waals surface area contributed by atoms with Crippen molar-refractivity contribution in [3.63, 3.8) is 0 Å². The summed E-state index contributed by atoms with van der Waals surface area (Å²) in [4.78, 5) is 3.69. The molecule has 0 spiro atoms. The molecule has 4 aromatic rings. The number of hydrogen-bond acceptors (Lipinski definition) is 5. The van der Waals surface area contributed by atoms with Gasteiger partial charge < -0.3 is 4.18 Å². The molecule has 0 fully saturated rings. The van der Waals surface area contributed by atoms with E-state index in [0.29, 0.717) is 27.6 Å². The van der Waals surface area contributed by atoms with Crippen LogP contribution < -0.4 is 4.18 Å². The second kappa shape index (κ2) is 8.79. The number of aromatic nitrogens is 1. The van der Waals surface area contributed by atoms with Crippen LogP contribution in [0.3, 0.4) is 0 Å². The van der Waals surface area contributed by atoms with E-state index in [0.717, 1.165) is 12.1 Å². The number of nitriles is 1. The molecule has 0 saturated carbocycles. The van der Waals surface area contributed by atoms with Gasteiger partial charge in [-0.25, -0.2) is 13.2 Å². The fourth-order valence-electron chi connectivity index (χ4n) is 3.36. The molecular formula is C23H10ClF5N2O3S. The predicted octanol–water partition coefficient (Wildman–Crippen LogP) is 6.20. The minimum absolute atomic E-state index is 0.196. The van der Waals surface area contributed by atoms with E-state index in [1.165, 1.54) is 24.4 Å². The van der Waals surface area contributed by atoms with Crippen molar-refractivity contribution in [2.45, 2.75) is 11.8 Å². The van der Waals surface area contributed by atoms with Crippen LogP contribution in [0.4, 0.5) is 22.0 Å². The molecule has 0 radical (unpaired) electrons. The molecular weight excluding hydrogens is 515 g/mol. The molecule has 0 atom stereocenters. The van der Waals surface area contributed by atoms with Crippen molar-refractivity contribution in [1.29, 1.82) is 5.26 Å². The van der Waals surface area contributed by atoms with Gasteiger partial charge in [0.15, 0.2) is 0 Å². The first-order valence-corrected chi connectivity index (χ1v) is 11.3. The van der Waals surface area contributed by atoms with Crippen molar-refractivity contribution in [1.82, 2.24) is 4.98 Å². The van der Waals surface area contributed by atoms with Crippen molar-refractivity contribution >= 4 is 32.5 Å². The van der Waals surface area contributed by atoms with Crippen LogP contribution >= 0.6 is 11.6 Å². The van der Waals surface area contributed by atoms with Crippen molar-refractivity contribution in [2.75, 3.05) is 0 Å². The van der Waals surface area contributed by atoms with Gasteiger partial charge in [-0.15, -0.1) is 0 Å². The molecule has 1 aromatic heterocycles. The fraction of sp³-hybridized carbons (Fsp3) is 0.0435. The number of halogens is 6. The molecule has 12 heteroatoms. The van der Waals surface area contributed by atoms with E-state index in [9.17, 15) is 35.6 Å². The van der Waals surface area contributed by atoms with E-state index < -0.39 is 49.8 Å². The summed E-state index contributed by atoms with van der Waals surface area (Å²) in [6, 6.07) is 9.92. The van der Waals surface area contributed by atoms with Crippen LogP contribution in [0.15, 0.2) is 47.5 Å². The molecule has 0 amide bonds. The Bertz CT molecular complexity index is 1660. The quantitative estimate of drug-likeness (QED) is 0.137. The Labute approximate surface area is 200 Å². The third-order valence-electron chi connectivity index (χ3n) is 5.08. The highest BCUT2D eigenvalue weighted by Gasteiger charge is 2.31. The van der Waals surface area contributed by atoms with Gasteiger partial charge >= 0.3 is 10.1 Å². The molecule has 3 aromatic carbocycles. The van der Waals surface area contributed by atoms with Crippen LogP contribution in [0.25, 0.3) is 22.0 Å². The first kappa shape index (κ1) is 24.4. The van der Waals surface area contributed by atoms with Gasteiger partial charge in [-0.2, -0.15) is 22.5 Å². The summed E-state index contributed by atoms with van der Waals surface area (Å²) in [6.07, 6.45) is 1.36. The average Bonchev–Trinajstić information content (AvgIpc) is 2.84. The zero-order valence-electron chi connectivity index (χ0n) is 17.3. The smallest absolute Gasteiger partial charge is 0.339 e. The second-order valence-corrected chi connectivity index (χ2v) is 9.19. The van der Waals surface area contributed by atoms with E-state index in [2.05, 4.69) is 9.17 Å². The third-order valence-corrected chi connectivity index (χ3v) is 6.61. The second-order valence-electron chi connectivity index (χ2n) is 7.24. The minimum atomic E-state index is -5.01. The topological polar surface area (TPSA) is 80.0 Å². The lowest BCUT2D eigenvalue weighted by Crippen LogP contribution is -2.14. The van der Waals surface area contributed by atoms with Gasteiger partial charge in [0.2, 0.25) is 34.8 Å². The Morgan fingerprint density at radius 3 is 2.20 bits per heavy atom. The van der Waals surface area contributed by atoms with Gasteiger partial charge in [0.1, 0.15) is 11.0 Å². The number of benzene rings is 3. The molecule has 0 unspecified atom stereocenters. The number of fused-ring (bicyclic) bond motifs is 1. The summed E-state index contributed by atoms with van der Waals surface area (Å²) in [5.74, 6) is -13.9. The van der Waals surface area contributed by atoms with E-state index >= 15 is 0 Å². The number of aryl methyl sites for hydroxylation is 1. The minimum Gasteiger partial charge on any atom is -0.372 e. The predicted molar refractivity (Wildman–Crippen MR) is 116 cm³/mol. The van der Waals surface area contributed by atoms with Gasteiger partial charge in [0.05, 0.1) is 16.3 Å². The van der Waals surface area contributed by atoms with Gasteiger partial charge in [-0.05, 0) is 48.2 Å². The van der Waals surface area contributed by atoms with Crippen molar-refractivity contribution in [3.8, 4) is 23.1 Å². The standard InChI is InChI=1S/C23H10ClF5N2O3S/c1-10-6-16(24)12(9-30)8-15(10)22-14-3-2-13(7-11(14)4-5-31-22)35(32,33)34-23-20(28)18(26)17(25)19(27)21(23)29/h2-8H,1H3. The van der Waals surface area contributed by atoms with Crippen molar-refractivity contribution in [3.05, 3.63) is 87.8 Å². The Morgan fingerprint density at radius 2 is 1.57 bits per heavy atom. The van der Waals surface area contributed by atoms with E-state index in [1.807, 2.05) is 6.07 Å². The first-order chi connectivity index (χ1) is 16.5. The highest BCUT2D eigenvalue weighted by atomic mass is 35.5. The van der Waals surface area contributed by atoms with Crippen molar-refractivity contribution in [2.24, 2.45) is 0 Å². The maximum atomic E-state index is 13.9. The molecule has 178 valence electrons. The molecule has 0 aliphatic heterocycles. The number of rotatable bonds is 4. The van der Waals surface area contributed by atoms with Gasteiger partial charge in [-0.3, -0.25) is 4.98 Å². The third kappa shape index (κ3) is 4.15. The van der Waals surface area contributed by atoms with Gasteiger partial charge in [-0.1, -0.05) is 17.7 Å². The summed E-state index contributed by atoms with van der Waals surface area (Å²) in [5, 5.41) is 10.3. The normalized spacial score (nSPS) is 11.5. The molecule has 5 nitrogen and oxygen atoms in total. The van der Waals surface area contributed by atoms with Crippen molar-refractivity contribution < 1.29 is 34.6 Å². The van der Waals surface area contributed by atoms with Crippen LogP contribution in [0.2, 0.25) is 5.02 Å². The summed E-state index contributed by atoms with van der Waals surface area (Å²) in [5.41, 5.74) is 1.81. The summed E-state index contributed by atoms with van der Waals surface area (Å²) < 4.78 is 97.5. The fourth-order valence-corrected chi connectivity index (χ4v) is 4.58. The zero-order valence-corrected chi connectivity index (χ0v) is 18.9. The molecule has 0 aliphatic rings. The van der Waals surface area contributed by atoms with Crippen LogP contribution in [0, 0.1) is 47.3 Å². The SMILES string of the molecule is Cc1cc(Cl)c(C#N)cc1-c1nccc2cc(S(=O)(=O)Oc3c(F)c(F)c(F)c(F)c3F)ccc12. The van der Waals surface area contributed by atoms with E-state index in [-0.39, 0.29) is 10.6 Å². The number of nitrogens with zero attached hydrogens (tertiary/aromatic N) is 2. The molecule has 0 saturated heterocycles. The summed E-state index contributed by atoms with van der Waals surface area (Å²) >= 11 is 6.05. The molecule has 0 bridgehead atoms. The Morgan fingerprint density at radius 1 is 0.943 bits per heavy atom. The lowest BCUT2D eigenvalue weighted by molar-refractivity contribution is 0.346. The highest BCUT2D eigenvalue weighted by molar-refractivity contribution is 7.87. The summed E-state index contributed by atoms with van der Waals surface area (Å²) in [6.45, 7) is 1.74. The molecule has 0 N–H and O–H groups in total.